The van der Waals surface area contributed by atoms with E-state index in [9.17, 15) is 4.79 Å². The number of aromatic amines is 1. The largest absolute Gasteiger partial charge is 0.486 e. The Bertz CT molecular complexity index is 714. The molecule has 6 heteroatoms. The average molecular weight is 327 g/mol. The third-order valence-corrected chi connectivity index (χ3v) is 4.67. The van der Waals surface area contributed by atoms with Gasteiger partial charge in [-0.1, -0.05) is 6.07 Å². The van der Waals surface area contributed by atoms with Gasteiger partial charge in [0.2, 0.25) is 0 Å². The minimum atomic E-state index is 0.0339. The van der Waals surface area contributed by atoms with Gasteiger partial charge in [0.15, 0.2) is 11.5 Å². The summed E-state index contributed by atoms with van der Waals surface area (Å²) in [5, 5.41) is 7.01. The summed E-state index contributed by atoms with van der Waals surface area (Å²) in [4.78, 5) is 14.9. The second kappa shape index (κ2) is 6.55. The molecule has 126 valence electrons. The van der Waals surface area contributed by atoms with E-state index in [4.69, 9.17) is 9.47 Å². The van der Waals surface area contributed by atoms with Crippen LogP contribution in [0.1, 0.15) is 28.9 Å². The van der Waals surface area contributed by atoms with Crippen molar-refractivity contribution in [1.82, 2.24) is 15.1 Å². The fourth-order valence-electron chi connectivity index (χ4n) is 3.54. The number of amides is 1. The van der Waals surface area contributed by atoms with Crippen LogP contribution in [0, 0.1) is 5.92 Å². The van der Waals surface area contributed by atoms with Gasteiger partial charge in [-0.2, -0.15) is 5.10 Å². The predicted octanol–water partition coefficient (Wildman–Crippen LogP) is 2.28. The average Bonchev–Trinajstić information content (AvgIpc) is 3.14. The summed E-state index contributed by atoms with van der Waals surface area (Å²) in [5.74, 6) is 1.74. The molecule has 24 heavy (non-hydrogen) atoms. The van der Waals surface area contributed by atoms with E-state index < -0.39 is 0 Å². The highest BCUT2D eigenvalue weighted by Crippen LogP contribution is 2.35. The van der Waals surface area contributed by atoms with E-state index in [0.29, 0.717) is 36.2 Å². The van der Waals surface area contributed by atoms with Crippen molar-refractivity contribution in [3.05, 3.63) is 41.7 Å². The molecule has 6 nitrogen and oxygen atoms in total. The van der Waals surface area contributed by atoms with Crippen molar-refractivity contribution >= 4 is 5.91 Å². The zero-order valence-electron chi connectivity index (χ0n) is 13.5. The Hall–Kier alpha value is -2.50. The predicted molar refractivity (Wildman–Crippen MR) is 88.4 cm³/mol. The second-order valence-electron chi connectivity index (χ2n) is 6.38. The fraction of sp³-hybridized carbons (Fsp3) is 0.444. The molecule has 1 aromatic heterocycles. The van der Waals surface area contributed by atoms with E-state index in [-0.39, 0.29) is 5.91 Å². The van der Waals surface area contributed by atoms with Crippen molar-refractivity contribution in [2.24, 2.45) is 5.92 Å². The van der Waals surface area contributed by atoms with Gasteiger partial charge in [-0.05, 0) is 43.4 Å². The summed E-state index contributed by atoms with van der Waals surface area (Å²) in [5.41, 5.74) is 1.73. The number of likely N-dealkylation sites (tertiary alicyclic amines) is 1. The van der Waals surface area contributed by atoms with Gasteiger partial charge in [0.05, 0.1) is 5.56 Å². The number of hydrogen-bond donors (Lipinski definition) is 1. The normalized spacial score (nSPS) is 20.0. The van der Waals surface area contributed by atoms with Crippen LogP contribution in [0.2, 0.25) is 0 Å². The Labute approximate surface area is 140 Å². The number of piperidine rings is 1. The number of benzene rings is 1. The summed E-state index contributed by atoms with van der Waals surface area (Å²) >= 11 is 0. The third-order valence-electron chi connectivity index (χ3n) is 4.67. The number of carbonyl (C=O) groups is 1. The number of nitrogens with one attached hydrogen (secondary N) is 1. The number of nitrogens with zero attached hydrogens (tertiary/aromatic N) is 2. The minimum absolute atomic E-state index is 0.0339. The smallest absolute Gasteiger partial charge is 0.257 e. The van der Waals surface area contributed by atoms with Crippen LogP contribution in [0.4, 0.5) is 0 Å². The second-order valence-corrected chi connectivity index (χ2v) is 6.38. The molecule has 0 radical (unpaired) electrons. The molecule has 2 aliphatic rings. The molecule has 0 bridgehead atoms. The Morgan fingerprint density at radius 3 is 3.08 bits per heavy atom. The maximum absolute atomic E-state index is 13.0. The topological polar surface area (TPSA) is 67.5 Å². The first-order valence-electron chi connectivity index (χ1n) is 8.47. The first-order valence-corrected chi connectivity index (χ1v) is 8.47. The lowest BCUT2D eigenvalue weighted by Crippen LogP contribution is -2.40. The molecule has 3 heterocycles. The lowest BCUT2D eigenvalue weighted by molar-refractivity contribution is 0.0663. The van der Waals surface area contributed by atoms with Gasteiger partial charge in [0.1, 0.15) is 13.2 Å². The Kier molecular flexibility index (Phi) is 4.11. The molecule has 1 fully saturated rings. The first kappa shape index (κ1) is 15.1. The number of H-pyrrole nitrogens is 1. The van der Waals surface area contributed by atoms with Crippen LogP contribution in [0.15, 0.2) is 30.5 Å². The summed E-state index contributed by atoms with van der Waals surface area (Å²) in [7, 11) is 0. The van der Waals surface area contributed by atoms with Crippen LogP contribution in [0.3, 0.4) is 0 Å². The molecule has 4 rings (SSSR count). The quantitative estimate of drug-likeness (QED) is 0.939. The highest BCUT2D eigenvalue weighted by atomic mass is 16.6. The lowest BCUT2D eigenvalue weighted by Gasteiger charge is -2.33. The van der Waals surface area contributed by atoms with Crippen molar-refractivity contribution in [2.45, 2.75) is 19.3 Å². The molecular formula is C18H21N3O3. The zero-order valence-corrected chi connectivity index (χ0v) is 13.5. The van der Waals surface area contributed by atoms with Gasteiger partial charge >= 0.3 is 0 Å². The van der Waals surface area contributed by atoms with Gasteiger partial charge in [-0.15, -0.1) is 0 Å². The Balaban J connectivity index is 1.50. The van der Waals surface area contributed by atoms with Crippen molar-refractivity contribution < 1.29 is 14.3 Å². The summed E-state index contributed by atoms with van der Waals surface area (Å²) < 4.78 is 11.3. The van der Waals surface area contributed by atoms with Crippen LogP contribution in [-0.2, 0) is 6.42 Å². The number of para-hydroxylation sites is 1. The van der Waals surface area contributed by atoms with Gasteiger partial charge < -0.3 is 14.4 Å². The SMILES string of the molecule is O=C(c1cccc2c1OCCO2)N1CCCC(Cc2ccn[nH]2)C1. The van der Waals surface area contributed by atoms with E-state index in [1.54, 1.807) is 6.20 Å². The van der Waals surface area contributed by atoms with Crippen LogP contribution in [0.5, 0.6) is 11.5 Å². The van der Waals surface area contributed by atoms with E-state index >= 15 is 0 Å². The van der Waals surface area contributed by atoms with E-state index in [2.05, 4.69) is 10.2 Å². The fourth-order valence-corrected chi connectivity index (χ4v) is 3.54. The molecule has 1 unspecified atom stereocenters. The molecule has 1 saturated heterocycles. The highest BCUT2D eigenvalue weighted by molar-refractivity contribution is 5.98. The molecule has 1 amide bonds. The van der Waals surface area contributed by atoms with E-state index in [0.717, 1.165) is 38.0 Å². The number of fused-ring (bicyclic) bond motifs is 1. The first-order chi connectivity index (χ1) is 11.8. The van der Waals surface area contributed by atoms with Crippen molar-refractivity contribution in [3.63, 3.8) is 0 Å². The van der Waals surface area contributed by atoms with E-state index in [1.807, 2.05) is 29.2 Å². The van der Waals surface area contributed by atoms with Gasteiger partial charge in [0.25, 0.3) is 5.91 Å². The summed E-state index contributed by atoms with van der Waals surface area (Å²) in [6, 6.07) is 7.53. The zero-order chi connectivity index (χ0) is 16.4. The number of ether oxygens (including phenoxy) is 2. The maximum Gasteiger partial charge on any atom is 0.257 e. The molecule has 2 aliphatic heterocycles. The molecule has 1 aromatic carbocycles. The van der Waals surface area contributed by atoms with Crippen LogP contribution in [-0.4, -0.2) is 47.3 Å². The molecule has 0 aliphatic carbocycles. The maximum atomic E-state index is 13.0. The standard InChI is InChI=1S/C18H21N3O3/c22-18(15-4-1-5-16-17(15)24-10-9-23-16)21-8-2-3-13(12-21)11-14-6-7-19-20-14/h1,4-7,13H,2-3,8-12H2,(H,19,20). The van der Waals surface area contributed by atoms with Crippen molar-refractivity contribution in [3.8, 4) is 11.5 Å². The van der Waals surface area contributed by atoms with Crippen molar-refractivity contribution in [2.75, 3.05) is 26.3 Å². The molecule has 1 N–H and O–H groups in total. The molecular weight excluding hydrogens is 306 g/mol. The van der Waals surface area contributed by atoms with Gasteiger partial charge in [-0.3, -0.25) is 9.89 Å². The highest BCUT2D eigenvalue weighted by Gasteiger charge is 2.28. The summed E-state index contributed by atoms with van der Waals surface area (Å²) in [6.45, 7) is 2.57. The van der Waals surface area contributed by atoms with E-state index in [1.165, 1.54) is 0 Å². The minimum Gasteiger partial charge on any atom is -0.486 e. The molecule has 0 saturated carbocycles. The van der Waals surface area contributed by atoms with Crippen LogP contribution >= 0.6 is 0 Å². The van der Waals surface area contributed by atoms with Crippen LogP contribution < -0.4 is 9.47 Å². The third kappa shape index (κ3) is 2.96. The number of hydrogen-bond acceptors (Lipinski definition) is 4. The van der Waals surface area contributed by atoms with Gasteiger partial charge in [0, 0.05) is 25.0 Å². The van der Waals surface area contributed by atoms with Crippen LogP contribution in [0.25, 0.3) is 0 Å². The monoisotopic (exact) mass is 327 g/mol. The summed E-state index contributed by atoms with van der Waals surface area (Å²) in [6.07, 6.45) is 4.86. The number of carbonyl (C=O) groups excluding carboxylic acids is 1. The molecule has 0 spiro atoms. The molecule has 1 atom stereocenters. The number of aromatic nitrogens is 2. The molecule has 2 aromatic rings. The van der Waals surface area contributed by atoms with Crippen molar-refractivity contribution in [1.29, 1.82) is 0 Å². The van der Waals surface area contributed by atoms with Gasteiger partial charge in [-0.25, -0.2) is 0 Å². The Morgan fingerprint density at radius 2 is 2.21 bits per heavy atom. The Morgan fingerprint density at radius 1 is 1.29 bits per heavy atom. The number of rotatable bonds is 3. The lowest BCUT2D eigenvalue weighted by atomic mass is 9.93.